The van der Waals surface area contributed by atoms with Crippen molar-refractivity contribution in [2.75, 3.05) is 6.58 Å². The fraction of sp³-hybridized carbons (Fsp3) is 1.00. The van der Waals surface area contributed by atoms with E-state index in [2.05, 4.69) is 0 Å². The molecular weight excluding hydrogens is 221 g/mol. The van der Waals surface area contributed by atoms with E-state index in [1.807, 2.05) is 0 Å². The lowest BCUT2D eigenvalue weighted by Gasteiger charge is -2.26. The minimum atomic E-state index is -4.69. The van der Waals surface area contributed by atoms with E-state index in [1.54, 1.807) is 0 Å². The molecule has 0 radical (unpaired) electrons. The van der Waals surface area contributed by atoms with Crippen molar-refractivity contribution in [1.82, 2.24) is 0 Å². The molecule has 0 aliphatic heterocycles. The number of aliphatic hydroxyl groups excluding tert-OH is 1. The molecule has 1 saturated carbocycles. The number of aliphatic hydroxyl groups is 1. The van der Waals surface area contributed by atoms with Gasteiger partial charge in [-0.05, 0) is 25.7 Å². The molecule has 96 valence electrons. The first-order valence-corrected chi connectivity index (χ1v) is 5.65. The summed E-state index contributed by atoms with van der Waals surface area (Å²) < 4.78 is 49.3. The minimum Gasteiger partial charge on any atom is -0.381 e. The topological polar surface area (TPSA) is 29.5 Å². The molecule has 1 fully saturated rings. The molecule has 0 saturated heterocycles. The summed E-state index contributed by atoms with van der Waals surface area (Å²) in [4.78, 5) is 0. The van der Waals surface area contributed by atoms with Gasteiger partial charge in [0.15, 0.2) is 6.10 Å². The average molecular weight is 241 g/mol. The van der Waals surface area contributed by atoms with Crippen LogP contribution in [-0.2, 0) is 4.74 Å². The standard InChI is InChI=1S/C11H19F3O2/c1-8(10(15)11(12,13)14)16-7-9-5-3-2-4-6-9/h8-10,15H,2-7H2,1H3/t8-,10-/m0/s1/i7D/t7-,8-,10-. The van der Waals surface area contributed by atoms with Gasteiger partial charge in [-0.25, -0.2) is 0 Å². The van der Waals surface area contributed by atoms with Crippen molar-refractivity contribution in [2.45, 2.75) is 57.4 Å². The van der Waals surface area contributed by atoms with E-state index >= 15 is 0 Å². The van der Waals surface area contributed by atoms with E-state index < -0.39 is 25.0 Å². The van der Waals surface area contributed by atoms with Crippen LogP contribution in [0.1, 0.15) is 40.4 Å². The van der Waals surface area contributed by atoms with Gasteiger partial charge in [0.25, 0.3) is 0 Å². The molecule has 2 nitrogen and oxygen atoms in total. The first kappa shape index (κ1) is 12.2. The Balaban J connectivity index is 2.41. The van der Waals surface area contributed by atoms with Crippen LogP contribution in [-0.4, -0.2) is 30.1 Å². The number of rotatable bonds is 4. The van der Waals surface area contributed by atoms with E-state index in [4.69, 9.17) is 11.2 Å². The zero-order valence-corrected chi connectivity index (χ0v) is 9.33. The van der Waals surface area contributed by atoms with Crippen molar-refractivity contribution < 1.29 is 24.4 Å². The van der Waals surface area contributed by atoms with E-state index in [0.29, 0.717) is 0 Å². The maximum Gasteiger partial charge on any atom is 0.416 e. The highest BCUT2D eigenvalue weighted by atomic mass is 19.4. The summed E-state index contributed by atoms with van der Waals surface area (Å²) in [6.45, 7) is 0.185. The molecule has 1 N–H and O–H groups in total. The average Bonchev–Trinajstić information content (AvgIpc) is 2.27. The third-order valence-corrected chi connectivity index (χ3v) is 2.92. The van der Waals surface area contributed by atoms with Crippen molar-refractivity contribution in [3.63, 3.8) is 0 Å². The Hall–Kier alpha value is -0.290. The summed E-state index contributed by atoms with van der Waals surface area (Å²) in [5.74, 6) is -0.00775. The van der Waals surface area contributed by atoms with Crippen LogP contribution in [0.2, 0.25) is 0 Å². The van der Waals surface area contributed by atoms with Crippen LogP contribution in [0.25, 0.3) is 0 Å². The fourth-order valence-electron chi connectivity index (χ4n) is 1.85. The molecule has 3 atom stereocenters. The minimum absolute atomic E-state index is 0.00775. The van der Waals surface area contributed by atoms with Crippen LogP contribution < -0.4 is 0 Å². The first-order valence-electron chi connectivity index (χ1n) is 6.22. The molecule has 0 aromatic heterocycles. The van der Waals surface area contributed by atoms with Crippen LogP contribution in [0, 0.1) is 5.92 Å². The highest BCUT2D eigenvalue weighted by molar-refractivity contribution is 4.73. The Labute approximate surface area is 95.2 Å². The van der Waals surface area contributed by atoms with Crippen LogP contribution >= 0.6 is 0 Å². The molecule has 0 heterocycles. The maximum atomic E-state index is 12.2. The van der Waals surface area contributed by atoms with Crippen LogP contribution in [0.3, 0.4) is 0 Å². The lowest BCUT2D eigenvalue weighted by molar-refractivity contribution is -0.235. The third kappa shape index (κ3) is 4.29. The SMILES string of the molecule is [2H][C@H](O[C@@H](C)[C@H](O)C(F)(F)F)C1CCCCC1. The monoisotopic (exact) mass is 241 g/mol. The van der Waals surface area contributed by atoms with Gasteiger partial charge in [-0.3, -0.25) is 0 Å². The number of hydrogen-bond donors (Lipinski definition) is 1. The van der Waals surface area contributed by atoms with Gasteiger partial charge in [-0.2, -0.15) is 13.2 Å². The molecule has 0 spiro atoms. The lowest BCUT2D eigenvalue weighted by Crippen LogP contribution is -2.40. The van der Waals surface area contributed by atoms with Crippen molar-refractivity contribution in [3.8, 4) is 0 Å². The van der Waals surface area contributed by atoms with Gasteiger partial charge in [0, 0.05) is 6.58 Å². The maximum absolute atomic E-state index is 12.2. The molecule has 0 amide bonds. The second-order valence-electron chi connectivity index (χ2n) is 4.36. The Morgan fingerprint density at radius 2 is 1.94 bits per heavy atom. The second-order valence-corrected chi connectivity index (χ2v) is 4.36. The molecule has 1 rings (SSSR count). The zero-order chi connectivity index (χ0) is 13.1. The van der Waals surface area contributed by atoms with Crippen LogP contribution in [0.5, 0.6) is 0 Å². The molecule has 16 heavy (non-hydrogen) atoms. The van der Waals surface area contributed by atoms with Gasteiger partial charge in [-0.15, -0.1) is 0 Å². The number of hydrogen-bond acceptors (Lipinski definition) is 2. The normalized spacial score (nSPS) is 25.9. The van der Waals surface area contributed by atoms with Gasteiger partial charge in [0.1, 0.15) is 0 Å². The number of halogens is 3. The zero-order valence-electron chi connectivity index (χ0n) is 10.3. The van der Waals surface area contributed by atoms with Crippen molar-refractivity contribution in [3.05, 3.63) is 0 Å². The largest absolute Gasteiger partial charge is 0.416 e. The highest BCUT2D eigenvalue weighted by Gasteiger charge is 2.42. The third-order valence-electron chi connectivity index (χ3n) is 2.92. The summed E-state index contributed by atoms with van der Waals surface area (Å²) in [6.07, 6.45) is -3.83. The number of alkyl halides is 3. The highest BCUT2D eigenvalue weighted by Crippen LogP contribution is 2.27. The van der Waals surface area contributed by atoms with Crippen molar-refractivity contribution in [2.24, 2.45) is 5.92 Å². The van der Waals surface area contributed by atoms with E-state index in [0.717, 1.165) is 39.0 Å². The quantitative estimate of drug-likeness (QED) is 0.820. The smallest absolute Gasteiger partial charge is 0.381 e. The Morgan fingerprint density at radius 1 is 1.38 bits per heavy atom. The van der Waals surface area contributed by atoms with Gasteiger partial charge in [-0.1, -0.05) is 19.3 Å². The molecule has 0 aromatic rings. The van der Waals surface area contributed by atoms with Crippen LogP contribution in [0.4, 0.5) is 13.2 Å². The Bertz CT molecular complexity index is 229. The predicted molar refractivity (Wildman–Crippen MR) is 54.1 cm³/mol. The summed E-state index contributed by atoms with van der Waals surface area (Å²) in [6, 6.07) is 0. The molecule has 0 aromatic carbocycles. The summed E-state index contributed by atoms with van der Waals surface area (Å²) in [5, 5.41) is 8.97. The van der Waals surface area contributed by atoms with Gasteiger partial charge < -0.3 is 9.84 Å². The molecule has 0 unspecified atom stereocenters. The first-order chi connectivity index (χ1) is 7.82. The predicted octanol–water partition coefficient (Wildman–Crippen LogP) is 2.90. The van der Waals surface area contributed by atoms with Gasteiger partial charge in [0.2, 0.25) is 0 Å². The van der Waals surface area contributed by atoms with Crippen molar-refractivity contribution >= 4 is 0 Å². The molecule has 0 bridgehead atoms. The summed E-state index contributed by atoms with van der Waals surface area (Å²) >= 11 is 0. The number of ether oxygens (including phenoxy) is 1. The van der Waals surface area contributed by atoms with E-state index in [1.165, 1.54) is 0 Å². The Morgan fingerprint density at radius 3 is 2.44 bits per heavy atom. The summed E-state index contributed by atoms with van der Waals surface area (Å²) in [5.41, 5.74) is 0. The van der Waals surface area contributed by atoms with Gasteiger partial charge >= 0.3 is 6.18 Å². The summed E-state index contributed by atoms with van der Waals surface area (Å²) in [7, 11) is 0. The Kier molecular flexibility index (Phi) is 4.46. The van der Waals surface area contributed by atoms with Crippen molar-refractivity contribution in [1.29, 1.82) is 0 Å². The fourth-order valence-corrected chi connectivity index (χ4v) is 1.85. The lowest BCUT2D eigenvalue weighted by atomic mass is 9.90. The van der Waals surface area contributed by atoms with Gasteiger partial charge in [0.05, 0.1) is 7.47 Å². The molecule has 5 heteroatoms. The molecule has 1 aliphatic rings. The van der Waals surface area contributed by atoms with E-state index in [9.17, 15) is 13.2 Å². The van der Waals surface area contributed by atoms with Crippen LogP contribution in [0.15, 0.2) is 0 Å². The second kappa shape index (κ2) is 5.87. The molecule has 1 aliphatic carbocycles. The van der Waals surface area contributed by atoms with E-state index in [-0.39, 0.29) is 5.92 Å². The molecular formula is C11H19F3O2.